The average Bonchev–Trinajstić information content (AvgIpc) is 3.45. The Bertz CT molecular complexity index is 1620. The monoisotopic (exact) mass is 673 g/mol. The van der Waals surface area contributed by atoms with Gasteiger partial charge in [0.15, 0.2) is 0 Å². The van der Waals surface area contributed by atoms with Crippen molar-refractivity contribution in [1.29, 1.82) is 0 Å². The summed E-state index contributed by atoms with van der Waals surface area (Å²) in [5, 5.41) is 0. The Labute approximate surface area is 235 Å². The molecule has 4 aromatic carbocycles. The van der Waals surface area contributed by atoms with Crippen molar-refractivity contribution in [2.45, 2.75) is 0 Å². The maximum Gasteiger partial charge on any atom is 0.216 e. The number of nitrogens with zero attached hydrogens (tertiary/aromatic N) is 3. The molecule has 6 aromatic rings. The van der Waals surface area contributed by atoms with Crippen molar-refractivity contribution in [3.8, 4) is 51.2 Å². The maximum absolute atomic E-state index is 6.01. The largest absolute Gasteiger partial charge is 0.510 e. The van der Waals surface area contributed by atoms with Gasteiger partial charge in [0.25, 0.3) is 0 Å². The molecule has 2 aromatic heterocycles. The first kappa shape index (κ1) is 25.2. The van der Waals surface area contributed by atoms with Gasteiger partial charge in [-0.2, -0.15) is 24.3 Å². The van der Waals surface area contributed by atoms with Gasteiger partial charge >= 0.3 is 0 Å². The van der Waals surface area contributed by atoms with E-state index in [4.69, 9.17) is 9.47 Å². The Morgan fingerprint density at radius 3 is 2.00 bits per heavy atom. The molecule has 0 saturated heterocycles. The molecule has 0 radical (unpaired) electrons. The van der Waals surface area contributed by atoms with E-state index in [0.29, 0.717) is 23.1 Å². The first-order valence-corrected chi connectivity index (χ1v) is 11.7. The molecule has 38 heavy (non-hydrogen) atoms. The summed E-state index contributed by atoms with van der Waals surface area (Å²) in [4.78, 5) is 8.65. The van der Waals surface area contributed by atoms with Crippen LogP contribution in [0.25, 0.3) is 28.1 Å². The average molecular weight is 674 g/mol. The van der Waals surface area contributed by atoms with E-state index in [1.54, 1.807) is 22.9 Å². The summed E-state index contributed by atoms with van der Waals surface area (Å²) in [6.07, 6.45) is 6.65. The van der Waals surface area contributed by atoms with Crippen LogP contribution in [0.15, 0.2) is 122 Å². The number of hydrogen-bond acceptors (Lipinski definition) is 4. The molecule has 6 heteroatoms. The van der Waals surface area contributed by atoms with Crippen LogP contribution in [-0.4, -0.2) is 14.5 Å². The molecule has 0 amide bonds. The predicted octanol–water partition coefficient (Wildman–Crippen LogP) is 7.58. The third-order valence-corrected chi connectivity index (χ3v) is 5.64. The van der Waals surface area contributed by atoms with E-state index in [9.17, 15) is 0 Å². The van der Waals surface area contributed by atoms with Gasteiger partial charge in [-0.05, 0) is 28.5 Å². The zero-order chi connectivity index (χ0) is 24.9. The van der Waals surface area contributed by atoms with Gasteiger partial charge in [-0.3, -0.25) is 0 Å². The summed E-state index contributed by atoms with van der Waals surface area (Å²) in [6, 6.07) is 41.6. The number of imidazole rings is 1. The van der Waals surface area contributed by atoms with Crippen LogP contribution in [0.2, 0.25) is 0 Å². The van der Waals surface area contributed by atoms with Crippen molar-refractivity contribution in [1.82, 2.24) is 14.5 Å². The molecule has 2 heterocycles. The fraction of sp³-hybridized carbons (Fsp3) is 0. The second kappa shape index (κ2) is 11.7. The van der Waals surface area contributed by atoms with E-state index >= 15 is 0 Å². The third-order valence-electron chi connectivity index (χ3n) is 5.64. The molecule has 5 nitrogen and oxygen atoms in total. The molecule has 6 rings (SSSR count). The zero-order valence-corrected chi connectivity index (χ0v) is 22.3. The normalized spacial score (nSPS) is 10.4. The van der Waals surface area contributed by atoms with Crippen LogP contribution in [0.4, 0.5) is 0 Å². The second-order valence-corrected chi connectivity index (χ2v) is 8.19. The van der Waals surface area contributed by atoms with E-state index in [1.807, 2.05) is 66.9 Å². The number of ether oxygens (including phenoxy) is 2. The number of aromatic nitrogens is 3. The van der Waals surface area contributed by atoms with E-state index in [-0.39, 0.29) is 21.1 Å². The Hall–Kier alpha value is -4.47. The predicted molar refractivity (Wildman–Crippen MR) is 142 cm³/mol. The standard InChI is InChI=1S/C32H20N3O2.Pt/c1-2-8-24(9-3-1)25-15-17-26(18-16-25)31-22-35(23-34-31)27-10-6-11-28(20-27)36-29-12-7-13-30(21-29)37-32-14-4-5-19-33-32;/h1-19,22H;/q-3;. The minimum atomic E-state index is 0. The molecule has 0 aliphatic rings. The third kappa shape index (κ3) is 5.91. The molecule has 0 bridgehead atoms. The van der Waals surface area contributed by atoms with Gasteiger partial charge < -0.3 is 19.0 Å². The number of benzene rings is 4. The molecular formula is C32H20N3O2Pt-3. The molecule has 0 aliphatic heterocycles. The number of hydrogen-bond donors (Lipinski definition) is 0. The quantitative estimate of drug-likeness (QED) is 0.164. The molecule has 0 spiro atoms. The minimum Gasteiger partial charge on any atom is -0.510 e. The Morgan fingerprint density at radius 1 is 0.579 bits per heavy atom. The topological polar surface area (TPSA) is 49.2 Å². The van der Waals surface area contributed by atoms with Crippen LogP contribution < -0.4 is 9.47 Å². The fourth-order valence-electron chi connectivity index (χ4n) is 3.84. The van der Waals surface area contributed by atoms with Gasteiger partial charge in [0.05, 0.1) is 0 Å². The molecule has 0 unspecified atom stereocenters. The van der Waals surface area contributed by atoms with Gasteiger partial charge in [0.2, 0.25) is 5.88 Å². The first-order chi connectivity index (χ1) is 18.3. The Balaban J connectivity index is 0.00000294. The Kier molecular flexibility index (Phi) is 7.77. The molecule has 0 atom stereocenters. The van der Waals surface area contributed by atoms with Gasteiger partial charge in [-0.15, -0.1) is 23.9 Å². The van der Waals surface area contributed by atoms with Crippen LogP contribution in [0.3, 0.4) is 0 Å². The van der Waals surface area contributed by atoms with Crippen molar-refractivity contribution < 1.29 is 30.5 Å². The van der Waals surface area contributed by atoms with Crippen molar-refractivity contribution in [2.24, 2.45) is 0 Å². The minimum absolute atomic E-state index is 0. The number of rotatable bonds is 7. The van der Waals surface area contributed by atoms with Crippen molar-refractivity contribution >= 4 is 0 Å². The number of pyridine rings is 1. The van der Waals surface area contributed by atoms with Gasteiger partial charge in [0.1, 0.15) is 0 Å². The van der Waals surface area contributed by atoms with Crippen LogP contribution in [0.5, 0.6) is 23.1 Å². The van der Waals surface area contributed by atoms with Crippen molar-refractivity contribution in [3.63, 3.8) is 0 Å². The van der Waals surface area contributed by atoms with E-state index in [0.717, 1.165) is 22.5 Å². The second-order valence-electron chi connectivity index (χ2n) is 8.19. The zero-order valence-electron chi connectivity index (χ0n) is 20.0. The summed E-state index contributed by atoms with van der Waals surface area (Å²) in [6.45, 7) is 0. The molecule has 0 fully saturated rings. The van der Waals surface area contributed by atoms with Crippen LogP contribution in [-0.2, 0) is 21.1 Å². The summed E-state index contributed by atoms with van der Waals surface area (Å²) >= 11 is 0. The maximum atomic E-state index is 6.01. The van der Waals surface area contributed by atoms with Crippen LogP contribution in [0, 0.1) is 18.5 Å². The van der Waals surface area contributed by atoms with E-state index in [1.165, 1.54) is 5.56 Å². The Morgan fingerprint density at radius 2 is 1.24 bits per heavy atom. The molecule has 0 saturated carbocycles. The summed E-state index contributed by atoms with van der Waals surface area (Å²) in [7, 11) is 0. The van der Waals surface area contributed by atoms with E-state index in [2.05, 4.69) is 64.8 Å². The summed E-state index contributed by atoms with van der Waals surface area (Å²) < 4.78 is 13.6. The molecule has 0 aliphatic carbocycles. The molecular weight excluding hydrogens is 653 g/mol. The SMILES string of the molecule is [Pt].[c-]1c(Oc2[c-]c(-n3[c-]nc(-c4ccc(-c5ccccc5)cc4)c3)ccc2)cccc1Oc1ccccn1. The van der Waals surface area contributed by atoms with Crippen molar-refractivity contribution in [3.05, 3.63) is 140 Å². The van der Waals surface area contributed by atoms with Crippen LogP contribution in [0.1, 0.15) is 0 Å². The summed E-state index contributed by atoms with van der Waals surface area (Å²) in [5.41, 5.74) is 4.95. The van der Waals surface area contributed by atoms with Gasteiger partial charge in [-0.25, -0.2) is 4.98 Å². The van der Waals surface area contributed by atoms with E-state index < -0.39 is 0 Å². The summed E-state index contributed by atoms with van der Waals surface area (Å²) in [5.74, 6) is 2.05. The molecule has 188 valence electrons. The fourth-order valence-corrected chi connectivity index (χ4v) is 3.84. The van der Waals surface area contributed by atoms with Gasteiger partial charge in [0, 0.05) is 56.9 Å². The first-order valence-electron chi connectivity index (χ1n) is 11.7. The molecule has 0 N–H and O–H groups in total. The smallest absolute Gasteiger partial charge is 0.216 e. The van der Waals surface area contributed by atoms with Crippen molar-refractivity contribution in [2.75, 3.05) is 0 Å². The van der Waals surface area contributed by atoms with Gasteiger partial charge in [-0.1, -0.05) is 72.9 Å². The van der Waals surface area contributed by atoms with Crippen LogP contribution >= 0.6 is 0 Å².